The van der Waals surface area contributed by atoms with E-state index in [1.807, 2.05) is 24.3 Å². The first-order valence-corrected chi connectivity index (χ1v) is 7.23. The molecule has 1 aliphatic carbocycles. The van der Waals surface area contributed by atoms with Crippen LogP contribution >= 0.6 is 11.6 Å². The van der Waals surface area contributed by atoms with Gasteiger partial charge in [-0.05, 0) is 36.5 Å². The van der Waals surface area contributed by atoms with Crippen molar-refractivity contribution in [3.63, 3.8) is 0 Å². The Hall–Kier alpha value is -0.570. The van der Waals surface area contributed by atoms with Crippen molar-refractivity contribution in [3.8, 4) is 0 Å². The molecule has 3 N–H and O–H groups in total. The third-order valence-corrected chi connectivity index (χ3v) is 4.31. The van der Waals surface area contributed by atoms with Crippen molar-refractivity contribution in [2.24, 2.45) is 11.7 Å². The first kappa shape index (κ1) is 13.9. The van der Waals surface area contributed by atoms with Crippen LogP contribution in [0.1, 0.15) is 43.6 Å². The molecule has 0 saturated heterocycles. The summed E-state index contributed by atoms with van der Waals surface area (Å²) in [6, 6.07) is 7.71. The number of hydrogen-bond acceptors (Lipinski definition) is 2. The van der Waals surface area contributed by atoms with Crippen LogP contribution in [0.25, 0.3) is 0 Å². The quantitative estimate of drug-likeness (QED) is 0.879. The van der Waals surface area contributed by atoms with Crippen molar-refractivity contribution in [3.05, 3.63) is 34.9 Å². The van der Waals surface area contributed by atoms with Crippen LogP contribution in [-0.4, -0.2) is 17.8 Å². The van der Waals surface area contributed by atoms with Crippen LogP contribution in [0.3, 0.4) is 0 Å². The van der Waals surface area contributed by atoms with Crippen molar-refractivity contribution in [1.82, 2.24) is 0 Å². The molecule has 18 heavy (non-hydrogen) atoms. The Morgan fingerprint density at radius 1 is 1.28 bits per heavy atom. The molecule has 0 bridgehead atoms. The minimum Gasteiger partial charge on any atom is -0.392 e. The van der Waals surface area contributed by atoms with Crippen molar-refractivity contribution in [2.75, 3.05) is 6.54 Å². The van der Waals surface area contributed by atoms with Gasteiger partial charge in [-0.25, -0.2) is 0 Å². The van der Waals surface area contributed by atoms with Crippen molar-refractivity contribution in [2.45, 2.75) is 44.1 Å². The topological polar surface area (TPSA) is 46.2 Å². The zero-order valence-corrected chi connectivity index (χ0v) is 11.4. The molecule has 1 saturated carbocycles. The van der Waals surface area contributed by atoms with Crippen molar-refractivity contribution >= 4 is 11.6 Å². The number of aliphatic hydroxyl groups is 1. The first-order valence-electron chi connectivity index (χ1n) is 6.86. The number of nitrogens with two attached hydrogens (primary N) is 1. The zero-order chi connectivity index (χ0) is 13.0. The highest BCUT2D eigenvalue weighted by Crippen LogP contribution is 2.33. The molecule has 0 spiro atoms. The number of aliphatic hydroxyl groups excluding tert-OH is 1. The monoisotopic (exact) mass is 267 g/mol. The van der Waals surface area contributed by atoms with E-state index in [0.29, 0.717) is 17.5 Å². The lowest BCUT2D eigenvalue weighted by molar-refractivity contribution is 0.0624. The molecule has 2 rings (SSSR count). The lowest BCUT2D eigenvalue weighted by Crippen LogP contribution is -2.33. The van der Waals surface area contributed by atoms with E-state index in [4.69, 9.17) is 17.3 Å². The van der Waals surface area contributed by atoms with Gasteiger partial charge in [-0.2, -0.15) is 0 Å². The van der Waals surface area contributed by atoms with Crippen LogP contribution in [-0.2, 0) is 0 Å². The third kappa shape index (κ3) is 3.25. The fourth-order valence-electron chi connectivity index (χ4n) is 3.01. The molecule has 0 aromatic heterocycles. The van der Waals surface area contributed by atoms with E-state index >= 15 is 0 Å². The van der Waals surface area contributed by atoms with Gasteiger partial charge in [0.2, 0.25) is 0 Å². The Bertz CT molecular complexity index is 377. The van der Waals surface area contributed by atoms with E-state index in [1.165, 1.54) is 19.3 Å². The van der Waals surface area contributed by atoms with Gasteiger partial charge in [0.1, 0.15) is 0 Å². The van der Waals surface area contributed by atoms with Gasteiger partial charge in [0.15, 0.2) is 0 Å². The minimum atomic E-state index is -0.339. The largest absolute Gasteiger partial charge is 0.392 e. The maximum absolute atomic E-state index is 10.6. The summed E-state index contributed by atoms with van der Waals surface area (Å²) in [5, 5.41) is 11.3. The molecule has 1 aromatic rings. The molecule has 0 radical (unpaired) electrons. The number of halogens is 1. The normalized spacial score (nSPS) is 20.6. The zero-order valence-electron chi connectivity index (χ0n) is 10.7. The maximum Gasteiger partial charge on any atom is 0.0648 e. The Morgan fingerprint density at radius 3 is 2.61 bits per heavy atom. The second kappa shape index (κ2) is 6.55. The highest BCUT2D eigenvalue weighted by atomic mass is 35.5. The third-order valence-electron chi connectivity index (χ3n) is 4.08. The SMILES string of the molecule is NCC(c1cccc(Cl)c1)C(O)C1CCCCC1. The molecule has 100 valence electrons. The summed E-state index contributed by atoms with van der Waals surface area (Å²) in [5.74, 6) is 0.401. The molecule has 0 heterocycles. The van der Waals surface area contributed by atoms with Crippen LogP contribution < -0.4 is 5.73 Å². The van der Waals surface area contributed by atoms with Crippen molar-refractivity contribution < 1.29 is 5.11 Å². The fourth-order valence-corrected chi connectivity index (χ4v) is 3.21. The Labute approximate surface area is 114 Å². The summed E-state index contributed by atoms with van der Waals surface area (Å²) in [4.78, 5) is 0. The van der Waals surface area contributed by atoms with Crippen molar-refractivity contribution in [1.29, 1.82) is 0 Å². The van der Waals surface area contributed by atoms with Gasteiger partial charge in [-0.1, -0.05) is 43.0 Å². The average Bonchev–Trinajstić information content (AvgIpc) is 2.40. The molecule has 0 amide bonds. The van der Waals surface area contributed by atoms with E-state index in [0.717, 1.165) is 18.4 Å². The Morgan fingerprint density at radius 2 is 2.00 bits per heavy atom. The van der Waals surface area contributed by atoms with Gasteiger partial charge in [-0.15, -0.1) is 0 Å². The summed E-state index contributed by atoms with van der Waals surface area (Å²) in [6.45, 7) is 0.470. The molecule has 2 atom stereocenters. The molecule has 0 aliphatic heterocycles. The van der Waals surface area contributed by atoms with Gasteiger partial charge in [0.25, 0.3) is 0 Å². The van der Waals surface area contributed by atoms with Gasteiger partial charge in [0.05, 0.1) is 6.10 Å². The number of benzene rings is 1. The Kier molecular flexibility index (Phi) is 5.04. The lowest BCUT2D eigenvalue weighted by Gasteiger charge is -2.32. The van der Waals surface area contributed by atoms with E-state index in [-0.39, 0.29) is 12.0 Å². The van der Waals surface area contributed by atoms with Gasteiger partial charge < -0.3 is 10.8 Å². The van der Waals surface area contributed by atoms with Crippen LogP contribution in [0.2, 0.25) is 5.02 Å². The smallest absolute Gasteiger partial charge is 0.0648 e. The summed E-state index contributed by atoms with van der Waals surface area (Å²) < 4.78 is 0. The first-order chi connectivity index (χ1) is 8.72. The second-order valence-corrected chi connectivity index (χ2v) is 5.72. The van der Waals surface area contributed by atoms with E-state index < -0.39 is 0 Å². The summed E-state index contributed by atoms with van der Waals surface area (Å²) in [5.41, 5.74) is 6.92. The van der Waals surface area contributed by atoms with Gasteiger partial charge >= 0.3 is 0 Å². The number of hydrogen-bond donors (Lipinski definition) is 2. The van der Waals surface area contributed by atoms with Crippen LogP contribution in [0, 0.1) is 5.92 Å². The summed E-state index contributed by atoms with van der Waals surface area (Å²) in [7, 11) is 0. The molecule has 1 aliphatic rings. The average molecular weight is 268 g/mol. The summed E-state index contributed by atoms with van der Waals surface area (Å²) >= 11 is 6.01. The molecule has 2 unspecified atom stereocenters. The van der Waals surface area contributed by atoms with Gasteiger partial charge in [-0.3, -0.25) is 0 Å². The molecular formula is C15H22ClNO. The predicted molar refractivity (Wildman–Crippen MR) is 75.8 cm³/mol. The number of rotatable bonds is 4. The standard InChI is InChI=1S/C15H22ClNO/c16-13-8-4-7-12(9-13)14(10-17)15(18)11-5-2-1-3-6-11/h4,7-9,11,14-15,18H,1-3,5-6,10,17H2. The van der Waals surface area contributed by atoms with Crippen LogP contribution in [0.5, 0.6) is 0 Å². The molecule has 1 fully saturated rings. The summed E-state index contributed by atoms with van der Waals surface area (Å²) in [6.07, 6.45) is 5.67. The molecular weight excluding hydrogens is 246 g/mol. The maximum atomic E-state index is 10.6. The fraction of sp³-hybridized carbons (Fsp3) is 0.600. The highest BCUT2D eigenvalue weighted by Gasteiger charge is 2.29. The van der Waals surface area contributed by atoms with E-state index in [2.05, 4.69) is 0 Å². The second-order valence-electron chi connectivity index (χ2n) is 5.29. The predicted octanol–water partition coefficient (Wildman–Crippen LogP) is 3.32. The van der Waals surface area contributed by atoms with Gasteiger partial charge in [0, 0.05) is 17.5 Å². The van der Waals surface area contributed by atoms with E-state index in [1.54, 1.807) is 0 Å². The highest BCUT2D eigenvalue weighted by molar-refractivity contribution is 6.30. The molecule has 1 aromatic carbocycles. The molecule has 2 nitrogen and oxygen atoms in total. The minimum absolute atomic E-state index is 0.00630. The van der Waals surface area contributed by atoms with Crippen LogP contribution in [0.15, 0.2) is 24.3 Å². The van der Waals surface area contributed by atoms with E-state index in [9.17, 15) is 5.11 Å². The Balaban J connectivity index is 2.11. The van der Waals surface area contributed by atoms with Crippen LogP contribution in [0.4, 0.5) is 0 Å². The molecule has 3 heteroatoms. The lowest BCUT2D eigenvalue weighted by atomic mass is 9.78.